The lowest BCUT2D eigenvalue weighted by Crippen LogP contribution is -2.49. The van der Waals surface area contributed by atoms with Crippen molar-refractivity contribution < 1.29 is 4.74 Å². The lowest BCUT2D eigenvalue weighted by atomic mass is 10.2. The lowest BCUT2D eigenvalue weighted by Gasteiger charge is -2.37. The molecule has 2 atom stereocenters. The third-order valence-electron chi connectivity index (χ3n) is 2.34. The molecule has 5 heteroatoms. The Morgan fingerprint density at radius 1 is 1.79 bits per heavy atom. The van der Waals surface area contributed by atoms with E-state index >= 15 is 0 Å². The van der Waals surface area contributed by atoms with E-state index in [2.05, 4.69) is 32.7 Å². The van der Waals surface area contributed by atoms with Gasteiger partial charge in [-0.25, -0.2) is 4.98 Å². The van der Waals surface area contributed by atoms with Crippen molar-refractivity contribution in [2.75, 3.05) is 23.4 Å². The summed E-state index contributed by atoms with van der Waals surface area (Å²) >= 11 is 5.14. The molecule has 0 saturated carbocycles. The average molecular weight is 277 g/mol. The monoisotopic (exact) mass is 276 g/mol. The van der Waals surface area contributed by atoms with Crippen molar-refractivity contribution in [3.05, 3.63) is 11.6 Å². The van der Waals surface area contributed by atoms with E-state index in [9.17, 15) is 0 Å². The molecule has 1 fully saturated rings. The van der Waals surface area contributed by atoms with Crippen molar-refractivity contribution in [2.24, 2.45) is 0 Å². The summed E-state index contributed by atoms with van der Waals surface area (Å²) < 4.78 is 5.66. The fraction of sp³-hybridized carbons (Fsp3) is 0.667. The van der Waals surface area contributed by atoms with Crippen molar-refractivity contribution in [3.8, 4) is 0 Å². The van der Waals surface area contributed by atoms with Crippen LogP contribution in [0.2, 0.25) is 0 Å². The number of ether oxygens (including phenoxy) is 1. The molecular formula is C9H13BrN2OS. The second-order valence-corrected chi connectivity index (χ2v) is 4.95. The molecule has 78 valence electrons. The lowest BCUT2D eigenvalue weighted by molar-refractivity contribution is 0.0380. The van der Waals surface area contributed by atoms with Crippen LogP contribution in [0.3, 0.4) is 0 Å². The number of aromatic nitrogens is 1. The normalized spacial score (nSPS) is 28.0. The molecule has 2 heterocycles. The van der Waals surface area contributed by atoms with Gasteiger partial charge in [-0.3, -0.25) is 0 Å². The molecule has 0 N–H and O–H groups in total. The molecule has 2 unspecified atom stereocenters. The van der Waals surface area contributed by atoms with Gasteiger partial charge < -0.3 is 9.64 Å². The third-order valence-corrected chi connectivity index (χ3v) is 3.87. The Kier molecular flexibility index (Phi) is 3.41. The van der Waals surface area contributed by atoms with E-state index in [1.165, 1.54) is 0 Å². The quantitative estimate of drug-likeness (QED) is 0.774. The van der Waals surface area contributed by atoms with E-state index in [0.717, 1.165) is 23.6 Å². The number of nitrogens with zero attached hydrogens (tertiary/aromatic N) is 2. The molecule has 1 aromatic heterocycles. The summed E-state index contributed by atoms with van der Waals surface area (Å²) in [6, 6.07) is 0.427. The summed E-state index contributed by atoms with van der Waals surface area (Å²) in [7, 11) is 0. The van der Waals surface area contributed by atoms with Gasteiger partial charge in [0.05, 0.1) is 18.8 Å². The summed E-state index contributed by atoms with van der Waals surface area (Å²) in [6.07, 6.45) is 2.14. The van der Waals surface area contributed by atoms with Crippen LogP contribution >= 0.6 is 27.3 Å². The van der Waals surface area contributed by atoms with Gasteiger partial charge >= 0.3 is 0 Å². The number of rotatable bonds is 2. The first kappa shape index (κ1) is 10.4. The fourth-order valence-electron chi connectivity index (χ4n) is 1.54. The van der Waals surface area contributed by atoms with Crippen LogP contribution in [0.1, 0.15) is 6.92 Å². The highest BCUT2D eigenvalue weighted by Crippen LogP contribution is 2.24. The zero-order valence-corrected chi connectivity index (χ0v) is 10.4. The summed E-state index contributed by atoms with van der Waals surface area (Å²) in [4.78, 5) is 6.65. The predicted molar refractivity (Wildman–Crippen MR) is 62.5 cm³/mol. The molecule has 0 aliphatic carbocycles. The first-order valence-electron chi connectivity index (χ1n) is 4.65. The highest BCUT2D eigenvalue weighted by atomic mass is 79.9. The topological polar surface area (TPSA) is 25.4 Å². The first-order chi connectivity index (χ1) is 6.81. The van der Waals surface area contributed by atoms with Gasteiger partial charge in [-0.05, 0) is 6.92 Å². The summed E-state index contributed by atoms with van der Waals surface area (Å²) in [5.74, 6) is 0. The maximum absolute atomic E-state index is 5.66. The number of halogens is 1. The Bertz CT molecular complexity index is 280. The van der Waals surface area contributed by atoms with Crippen molar-refractivity contribution >= 4 is 32.4 Å². The van der Waals surface area contributed by atoms with Crippen LogP contribution < -0.4 is 4.90 Å². The molecule has 2 rings (SSSR count). The minimum absolute atomic E-state index is 0.287. The van der Waals surface area contributed by atoms with Crippen molar-refractivity contribution in [1.82, 2.24) is 4.98 Å². The van der Waals surface area contributed by atoms with Gasteiger partial charge in [-0.1, -0.05) is 15.9 Å². The van der Waals surface area contributed by atoms with Gasteiger partial charge in [0.15, 0.2) is 5.13 Å². The molecular weight excluding hydrogens is 264 g/mol. The molecule has 14 heavy (non-hydrogen) atoms. The number of anilines is 1. The number of thiazole rings is 1. The number of hydrogen-bond acceptors (Lipinski definition) is 4. The molecule has 0 spiro atoms. The summed E-state index contributed by atoms with van der Waals surface area (Å²) in [5, 5.41) is 4.01. The smallest absolute Gasteiger partial charge is 0.185 e. The molecule has 0 radical (unpaired) electrons. The molecule has 0 aromatic carbocycles. The largest absolute Gasteiger partial charge is 0.373 e. The minimum atomic E-state index is 0.287. The van der Waals surface area contributed by atoms with Gasteiger partial charge in [0.1, 0.15) is 0 Å². The summed E-state index contributed by atoms with van der Waals surface area (Å²) in [5.41, 5.74) is 0. The Morgan fingerprint density at radius 2 is 2.64 bits per heavy atom. The van der Waals surface area contributed by atoms with Gasteiger partial charge in [0, 0.05) is 23.5 Å². The van der Waals surface area contributed by atoms with Gasteiger partial charge in [0.25, 0.3) is 0 Å². The van der Waals surface area contributed by atoms with Crippen LogP contribution in [0.5, 0.6) is 0 Å². The van der Waals surface area contributed by atoms with E-state index in [0.29, 0.717) is 6.04 Å². The van der Waals surface area contributed by atoms with Crippen LogP contribution in [0.15, 0.2) is 11.6 Å². The zero-order valence-electron chi connectivity index (χ0n) is 8.02. The predicted octanol–water partition coefficient (Wildman–Crippen LogP) is 2.13. The maximum Gasteiger partial charge on any atom is 0.185 e. The highest BCUT2D eigenvalue weighted by molar-refractivity contribution is 9.09. The number of alkyl halides is 1. The zero-order chi connectivity index (χ0) is 9.97. The number of hydrogen-bond donors (Lipinski definition) is 0. The highest BCUT2D eigenvalue weighted by Gasteiger charge is 2.26. The third kappa shape index (κ3) is 2.10. The van der Waals surface area contributed by atoms with Crippen LogP contribution in [-0.2, 0) is 4.74 Å². The van der Waals surface area contributed by atoms with E-state index in [1.54, 1.807) is 11.3 Å². The van der Waals surface area contributed by atoms with E-state index < -0.39 is 0 Å². The maximum atomic E-state index is 5.66. The fourth-order valence-corrected chi connectivity index (χ4v) is 2.68. The van der Waals surface area contributed by atoms with Gasteiger partial charge in [-0.15, -0.1) is 11.3 Å². The molecule has 1 aliphatic rings. The van der Waals surface area contributed by atoms with Gasteiger partial charge in [-0.2, -0.15) is 0 Å². The van der Waals surface area contributed by atoms with Crippen molar-refractivity contribution in [1.29, 1.82) is 0 Å². The molecule has 3 nitrogen and oxygen atoms in total. The average Bonchev–Trinajstić information content (AvgIpc) is 2.71. The molecule has 0 bridgehead atoms. The number of morpholine rings is 1. The standard InChI is InChI=1S/C9H13BrN2OS/c1-7-6-13-8(4-10)5-12(7)9-11-2-3-14-9/h2-3,7-8H,4-6H2,1H3. The molecule has 1 aliphatic heterocycles. The Labute approximate surface area is 96.2 Å². The van der Waals surface area contributed by atoms with Crippen LogP contribution in [0, 0.1) is 0 Å². The minimum Gasteiger partial charge on any atom is -0.373 e. The van der Waals surface area contributed by atoms with E-state index in [1.807, 2.05) is 11.6 Å². The Morgan fingerprint density at radius 3 is 3.29 bits per heavy atom. The van der Waals surface area contributed by atoms with Crippen LogP contribution in [0.4, 0.5) is 5.13 Å². The molecule has 1 saturated heterocycles. The SMILES string of the molecule is CC1COC(CBr)CN1c1nccs1. The Balaban J connectivity index is 2.09. The molecule has 1 aromatic rings. The second kappa shape index (κ2) is 4.59. The van der Waals surface area contributed by atoms with Crippen molar-refractivity contribution in [2.45, 2.75) is 19.1 Å². The van der Waals surface area contributed by atoms with E-state index in [4.69, 9.17) is 4.74 Å². The second-order valence-electron chi connectivity index (χ2n) is 3.43. The summed E-state index contributed by atoms with van der Waals surface area (Å²) in [6.45, 7) is 3.89. The van der Waals surface area contributed by atoms with Crippen LogP contribution in [-0.4, -0.2) is 35.6 Å². The van der Waals surface area contributed by atoms with Gasteiger partial charge in [0.2, 0.25) is 0 Å². The Hall–Kier alpha value is -0.130. The molecule has 0 amide bonds. The van der Waals surface area contributed by atoms with E-state index in [-0.39, 0.29) is 6.10 Å². The first-order valence-corrected chi connectivity index (χ1v) is 6.65. The van der Waals surface area contributed by atoms with Crippen molar-refractivity contribution in [3.63, 3.8) is 0 Å². The van der Waals surface area contributed by atoms with Crippen LogP contribution in [0.25, 0.3) is 0 Å².